The minimum Gasteiger partial charge on any atom is -0.449 e. The topological polar surface area (TPSA) is 112 Å². The van der Waals surface area contributed by atoms with Gasteiger partial charge in [-0.3, -0.25) is 4.79 Å². The Balaban J connectivity index is 0.000000414. The summed E-state index contributed by atoms with van der Waals surface area (Å²) in [4.78, 5) is 37.8. The smallest absolute Gasteiger partial charge is 0.407 e. The molecule has 0 spiro atoms. The average molecular weight is 740 g/mol. The van der Waals surface area contributed by atoms with Crippen LogP contribution in [0.3, 0.4) is 0 Å². The minimum atomic E-state index is -0.870. The number of hydrogen-bond acceptors (Lipinski definition) is 4. The van der Waals surface area contributed by atoms with Crippen molar-refractivity contribution in [3.05, 3.63) is 192 Å². The fraction of sp³-hybridized carbons (Fsp3) is 0.146. The highest BCUT2D eigenvalue weighted by atomic mass is 16.5. The van der Waals surface area contributed by atoms with Gasteiger partial charge >= 0.3 is 6.09 Å². The normalized spacial score (nSPS) is 13.9. The number of imidazole rings is 1. The molecule has 0 fully saturated rings. The van der Waals surface area contributed by atoms with E-state index in [2.05, 4.69) is 76.3 Å². The molecule has 280 valence electrons. The average Bonchev–Trinajstić information content (AvgIpc) is 3.94. The zero-order chi connectivity index (χ0) is 38.9. The lowest BCUT2D eigenvalue weighted by atomic mass is 9.96. The third-order valence-corrected chi connectivity index (χ3v) is 10.1. The number of aromatic nitrogens is 3. The second-order valence-corrected chi connectivity index (χ2v) is 13.8. The molecule has 8 nitrogen and oxygen atoms in total. The molecule has 1 aliphatic carbocycles. The highest BCUT2D eigenvalue weighted by Crippen LogP contribution is 2.42. The Kier molecular flexibility index (Phi) is 11.7. The molecule has 2 atom stereocenters. The molecule has 2 aromatic heterocycles. The van der Waals surface area contributed by atoms with Crippen LogP contribution in [0.2, 0.25) is 0 Å². The van der Waals surface area contributed by atoms with Crippen molar-refractivity contribution < 1.29 is 14.3 Å². The molecule has 2 unspecified atom stereocenters. The van der Waals surface area contributed by atoms with Crippen LogP contribution in [0.4, 0.5) is 4.79 Å². The van der Waals surface area contributed by atoms with E-state index >= 15 is 0 Å². The van der Waals surface area contributed by atoms with Gasteiger partial charge in [-0.25, -0.2) is 9.78 Å². The maximum atomic E-state index is 13.6. The second-order valence-electron chi connectivity index (χ2n) is 13.8. The van der Waals surface area contributed by atoms with E-state index in [0.717, 1.165) is 49.9 Å². The number of alkyl carbamates (subject to hydrolysis) is 1. The Bertz CT molecular complexity index is 2540. The molecule has 5 aromatic carbocycles. The van der Waals surface area contributed by atoms with Crippen LogP contribution in [-0.2, 0) is 22.5 Å². The maximum absolute atomic E-state index is 13.6. The van der Waals surface area contributed by atoms with E-state index in [4.69, 9.17) is 4.74 Å². The van der Waals surface area contributed by atoms with Crippen LogP contribution in [0.5, 0.6) is 0 Å². The Morgan fingerprint density at radius 3 is 2.46 bits per heavy atom. The Labute approximate surface area is 327 Å². The number of carbonyl (C=O) groups excluding carboxylic acids is 2. The van der Waals surface area contributed by atoms with Crippen molar-refractivity contribution in [2.75, 3.05) is 6.61 Å². The van der Waals surface area contributed by atoms with E-state index in [0.29, 0.717) is 5.82 Å². The van der Waals surface area contributed by atoms with Crippen molar-refractivity contribution in [3.63, 3.8) is 0 Å². The van der Waals surface area contributed by atoms with Crippen LogP contribution < -0.4 is 10.6 Å². The van der Waals surface area contributed by atoms with Gasteiger partial charge in [0.1, 0.15) is 18.5 Å². The van der Waals surface area contributed by atoms with Gasteiger partial charge in [-0.05, 0) is 69.6 Å². The Morgan fingerprint density at radius 2 is 1.64 bits per heavy atom. The van der Waals surface area contributed by atoms with Crippen LogP contribution in [-0.4, -0.2) is 39.6 Å². The van der Waals surface area contributed by atoms with E-state index in [-0.39, 0.29) is 31.4 Å². The first-order valence-corrected chi connectivity index (χ1v) is 18.8. The van der Waals surface area contributed by atoms with Crippen molar-refractivity contribution in [2.24, 2.45) is 0 Å². The van der Waals surface area contributed by atoms with Crippen molar-refractivity contribution in [2.45, 2.75) is 38.8 Å². The fourth-order valence-electron chi connectivity index (χ4n) is 7.20. The first-order valence-electron chi connectivity index (χ1n) is 18.8. The fourth-order valence-corrected chi connectivity index (χ4v) is 7.20. The highest BCUT2D eigenvalue weighted by molar-refractivity contribution is 5.87. The van der Waals surface area contributed by atoms with Crippen molar-refractivity contribution in [1.82, 2.24) is 25.6 Å². The SMILES string of the molecule is C=C/C=C\C1=C(C)c2ccccc2C1COC(=O)NC(Cc1ccc2ccccc2c1)C(=O)NCc1ncc(-c2ccccc2)[nH]1.Cc1c[nH]c2ccccc12. The zero-order valence-electron chi connectivity index (χ0n) is 31.6. The standard InChI is InChI=1S/C39H36N4O3.C9H9N/c1-3-4-16-32-26(2)31-17-10-11-18-33(31)34(32)25-46-39(45)43-35(22-27-19-20-28-12-8-9-15-30(28)21-27)38(44)41-24-37-40-23-36(42-37)29-13-6-5-7-14-29;1-7-6-10-9-5-3-2-4-8(7)9/h3-21,23,34-35H,1,22,24-25H2,2H3,(H,40,42)(H,41,44)(H,43,45);2-6,10H,1H3/b16-4-;. The summed E-state index contributed by atoms with van der Waals surface area (Å²) in [5.74, 6) is 0.157. The number of benzene rings is 5. The Morgan fingerprint density at radius 1 is 0.893 bits per heavy atom. The Hall–Kier alpha value is -6.93. The number of ether oxygens (including phenoxy) is 1. The number of aryl methyl sites for hydroxylation is 1. The molecule has 0 saturated heterocycles. The number of rotatable bonds is 11. The van der Waals surface area contributed by atoms with E-state index in [9.17, 15) is 9.59 Å². The molecule has 8 heteroatoms. The van der Waals surface area contributed by atoms with Gasteiger partial charge in [-0.1, -0.05) is 140 Å². The number of aromatic amines is 2. The number of fused-ring (bicyclic) bond motifs is 3. The van der Waals surface area contributed by atoms with Gasteiger partial charge in [0.2, 0.25) is 5.91 Å². The molecular formula is C48H45N5O3. The largest absolute Gasteiger partial charge is 0.449 e. The molecule has 4 N–H and O–H groups in total. The maximum Gasteiger partial charge on any atom is 0.407 e. The number of hydrogen-bond donors (Lipinski definition) is 4. The first kappa shape index (κ1) is 37.4. The van der Waals surface area contributed by atoms with Gasteiger partial charge in [0.15, 0.2) is 0 Å². The number of H-pyrrole nitrogens is 2. The van der Waals surface area contributed by atoms with Crippen LogP contribution in [0.15, 0.2) is 164 Å². The summed E-state index contributed by atoms with van der Waals surface area (Å²) < 4.78 is 5.80. The predicted molar refractivity (Wildman–Crippen MR) is 226 cm³/mol. The first-order chi connectivity index (χ1) is 27.4. The molecule has 0 aliphatic heterocycles. The number of nitrogens with zero attached hydrogens (tertiary/aromatic N) is 1. The number of amides is 2. The summed E-state index contributed by atoms with van der Waals surface area (Å²) in [5, 5.41) is 9.28. The summed E-state index contributed by atoms with van der Waals surface area (Å²) >= 11 is 0. The number of allylic oxidation sites excluding steroid dienone is 4. The number of carbonyl (C=O) groups is 2. The summed E-state index contributed by atoms with van der Waals surface area (Å²) in [6, 6.07) is 39.5. The highest BCUT2D eigenvalue weighted by Gasteiger charge is 2.29. The van der Waals surface area contributed by atoms with Crippen molar-refractivity contribution in [3.8, 4) is 11.3 Å². The lowest BCUT2D eigenvalue weighted by Gasteiger charge is -2.20. The molecule has 2 heterocycles. The van der Waals surface area contributed by atoms with Gasteiger partial charge in [0, 0.05) is 29.4 Å². The van der Waals surface area contributed by atoms with Crippen LogP contribution in [0, 0.1) is 6.92 Å². The zero-order valence-corrected chi connectivity index (χ0v) is 31.6. The third-order valence-electron chi connectivity index (χ3n) is 10.1. The third kappa shape index (κ3) is 8.71. The summed E-state index contributed by atoms with van der Waals surface area (Å²) in [5.41, 5.74) is 9.79. The van der Waals surface area contributed by atoms with Crippen molar-refractivity contribution >= 4 is 39.2 Å². The monoisotopic (exact) mass is 739 g/mol. The van der Waals surface area contributed by atoms with Gasteiger partial charge in [-0.15, -0.1) is 0 Å². The molecule has 2 amide bonds. The van der Waals surface area contributed by atoms with Gasteiger partial charge in [-0.2, -0.15) is 0 Å². The molecule has 56 heavy (non-hydrogen) atoms. The molecule has 1 aliphatic rings. The van der Waals surface area contributed by atoms with E-state index < -0.39 is 12.1 Å². The summed E-state index contributed by atoms with van der Waals surface area (Å²) in [7, 11) is 0. The van der Waals surface area contributed by atoms with Crippen molar-refractivity contribution in [1.29, 1.82) is 0 Å². The quantitative estimate of drug-likeness (QED) is 0.0990. The number of nitrogens with one attached hydrogen (secondary N) is 4. The van der Waals surface area contributed by atoms with E-state index in [1.54, 1.807) is 12.3 Å². The van der Waals surface area contributed by atoms with Gasteiger partial charge < -0.3 is 25.3 Å². The van der Waals surface area contributed by atoms with Crippen LogP contribution >= 0.6 is 0 Å². The van der Waals surface area contributed by atoms with E-state index in [1.165, 1.54) is 16.5 Å². The molecule has 7 aromatic rings. The minimum absolute atomic E-state index is 0.122. The van der Waals surface area contributed by atoms with E-state index in [1.807, 2.05) is 109 Å². The predicted octanol–water partition coefficient (Wildman–Crippen LogP) is 9.97. The molecule has 0 saturated carbocycles. The molecule has 0 bridgehead atoms. The summed E-state index contributed by atoms with van der Waals surface area (Å²) in [6.45, 7) is 8.30. The number of para-hydroxylation sites is 1. The molecule has 8 rings (SSSR count). The van der Waals surface area contributed by atoms with Gasteiger partial charge in [0.25, 0.3) is 0 Å². The van der Waals surface area contributed by atoms with Crippen LogP contribution in [0.1, 0.15) is 40.9 Å². The lowest BCUT2D eigenvalue weighted by molar-refractivity contribution is -0.123. The summed E-state index contributed by atoms with van der Waals surface area (Å²) in [6.07, 6.45) is 9.05. The molecular weight excluding hydrogens is 695 g/mol. The van der Waals surface area contributed by atoms with Gasteiger partial charge in [0.05, 0.1) is 18.4 Å². The second kappa shape index (κ2) is 17.5. The lowest BCUT2D eigenvalue weighted by Crippen LogP contribution is -2.48. The molecule has 0 radical (unpaired) electrons. The van der Waals surface area contributed by atoms with Crippen LogP contribution in [0.25, 0.3) is 38.5 Å².